The van der Waals surface area contributed by atoms with Crippen LogP contribution in [-0.4, -0.2) is 22.1 Å². The van der Waals surface area contributed by atoms with Gasteiger partial charge in [-0.05, 0) is 0 Å². The minimum Gasteiger partial charge on any atom is -0.442 e. The standard InChI is InChI=1S/C6H8N4O3S/c7-5(10-12)3-1-9-4(14-3)2-13-6(8)11/h1,12H,2H2,(H2,7,10)(H2,8,11). The van der Waals surface area contributed by atoms with Crippen LogP contribution in [0.4, 0.5) is 4.79 Å². The van der Waals surface area contributed by atoms with Crippen LogP contribution in [0.5, 0.6) is 0 Å². The number of hydrogen-bond donors (Lipinski definition) is 3. The third-order valence-corrected chi connectivity index (χ3v) is 2.25. The van der Waals surface area contributed by atoms with Crippen LogP contribution in [0.3, 0.4) is 0 Å². The van der Waals surface area contributed by atoms with Gasteiger partial charge in [0.25, 0.3) is 0 Å². The molecule has 5 N–H and O–H groups in total. The zero-order valence-electron chi connectivity index (χ0n) is 7.01. The lowest BCUT2D eigenvalue weighted by atomic mass is 10.5. The second-order valence-corrected chi connectivity index (χ2v) is 3.33. The van der Waals surface area contributed by atoms with E-state index in [0.717, 1.165) is 11.3 Å². The normalized spacial score (nSPS) is 11.3. The smallest absolute Gasteiger partial charge is 0.404 e. The Morgan fingerprint density at radius 2 is 2.43 bits per heavy atom. The summed E-state index contributed by atoms with van der Waals surface area (Å²) in [6.07, 6.45) is 0.546. The quantitative estimate of drug-likeness (QED) is 0.280. The molecule has 0 aliphatic heterocycles. The van der Waals surface area contributed by atoms with Crippen LogP contribution in [0.25, 0.3) is 0 Å². The molecule has 1 amide bonds. The Balaban J connectivity index is 2.64. The number of amidine groups is 1. The Morgan fingerprint density at radius 1 is 1.71 bits per heavy atom. The van der Waals surface area contributed by atoms with Crippen molar-refractivity contribution >= 4 is 23.3 Å². The number of nitrogens with two attached hydrogens (primary N) is 2. The first kappa shape index (κ1) is 10.3. The molecule has 0 fully saturated rings. The zero-order chi connectivity index (χ0) is 10.6. The molecule has 1 heterocycles. The first-order valence-electron chi connectivity index (χ1n) is 3.48. The maximum absolute atomic E-state index is 10.3. The van der Waals surface area contributed by atoms with E-state index in [0.29, 0.717) is 9.88 Å². The van der Waals surface area contributed by atoms with Gasteiger partial charge in [0.05, 0.1) is 4.88 Å². The predicted octanol–water partition coefficient (Wildman–Crippen LogP) is -0.167. The van der Waals surface area contributed by atoms with Gasteiger partial charge in [-0.2, -0.15) is 0 Å². The van der Waals surface area contributed by atoms with E-state index >= 15 is 0 Å². The lowest BCUT2D eigenvalue weighted by Crippen LogP contribution is -2.12. The van der Waals surface area contributed by atoms with Gasteiger partial charge < -0.3 is 21.4 Å². The number of carbonyl (C=O) groups is 1. The summed E-state index contributed by atoms with van der Waals surface area (Å²) in [7, 11) is 0. The van der Waals surface area contributed by atoms with Crippen molar-refractivity contribution in [1.29, 1.82) is 0 Å². The summed E-state index contributed by atoms with van der Waals surface area (Å²) in [6, 6.07) is 0. The summed E-state index contributed by atoms with van der Waals surface area (Å²) < 4.78 is 4.50. The van der Waals surface area contributed by atoms with Gasteiger partial charge in [-0.25, -0.2) is 9.78 Å². The van der Waals surface area contributed by atoms with E-state index in [1.54, 1.807) is 0 Å². The van der Waals surface area contributed by atoms with E-state index in [1.165, 1.54) is 6.20 Å². The number of hydrogen-bond acceptors (Lipinski definition) is 6. The van der Waals surface area contributed by atoms with Crippen LogP contribution in [0.2, 0.25) is 0 Å². The molecule has 0 spiro atoms. The van der Waals surface area contributed by atoms with Crippen LogP contribution < -0.4 is 11.5 Å². The fourth-order valence-corrected chi connectivity index (χ4v) is 1.41. The van der Waals surface area contributed by atoms with Gasteiger partial charge in [0, 0.05) is 6.20 Å². The Hall–Kier alpha value is -1.83. The first-order valence-corrected chi connectivity index (χ1v) is 4.30. The molecule has 1 aromatic rings. The van der Waals surface area contributed by atoms with Crippen LogP contribution in [0.15, 0.2) is 11.4 Å². The molecule has 0 bridgehead atoms. The molecule has 76 valence electrons. The number of carbonyl (C=O) groups excluding carboxylic acids is 1. The number of amides is 1. The average molecular weight is 216 g/mol. The molecule has 0 aliphatic rings. The van der Waals surface area contributed by atoms with Crippen molar-refractivity contribution in [1.82, 2.24) is 4.98 Å². The number of ether oxygens (including phenoxy) is 1. The third kappa shape index (κ3) is 2.59. The Morgan fingerprint density at radius 3 is 3.00 bits per heavy atom. The van der Waals surface area contributed by atoms with Crippen molar-refractivity contribution in [3.63, 3.8) is 0 Å². The second kappa shape index (κ2) is 4.42. The van der Waals surface area contributed by atoms with Crippen molar-refractivity contribution in [2.24, 2.45) is 16.6 Å². The number of primary amides is 1. The highest BCUT2D eigenvalue weighted by atomic mass is 32.1. The number of nitrogens with zero attached hydrogens (tertiary/aromatic N) is 2. The fraction of sp³-hybridized carbons (Fsp3) is 0.167. The van der Waals surface area contributed by atoms with Gasteiger partial charge in [0.2, 0.25) is 0 Å². The van der Waals surface area contributed by atoms with Crippen LogP contribution >= 0.6 is 11.3 Å². The molecule has 0 radical (unpaired) electrons. The van der Waals surface area contributed by atoms with Crippen LogP contribution in [0.1, 0.15) is 9.88 Å². The first-order chi connectivity index (χ1) is 6.63. The topological polar surface area (TPSA) is 124 Å². The van der Waals surface area contributed by atoms with E-state index in [9.17, 15) is 4.79 Å². The SMILES string of the molecule is NC(=O)OCc1ncc(C(N)=NO)s1. The van der Waals surface area contributed by atoms with Crippen LogP contribution in [-0.2, 0) is 11.3 Å². The molecule has 0 aromatic carbocycles. The monoisotopic (exact) mass is 216 g/mol. The second-order valence-electron chi connectivity index (χ2n) is 2.21. The molecular weight excluding hydrogens is 208 g/mol. The van der Waals surface area contributed by atoms with Crippen molar-refractivity contribution in [3.8, 4) is 0 Å². The molecule has 0 saturated carbocycles. The van der Waals surface area contributed by atoms with Gasteiger partial charge in [0.1, 0.15) is 11.6 Å². The van der Waals surface area contributed by atoms with Gasteiger partial charge in [-0.1, -0.05) is 5.16 Å². The maximum Gasteiger partial charge on any atom is 0.404 e. The highest BCUT2D eigenvalue weighted by Crippen LogP contribution is 2.13. The summed E-state index contributed by atoms with van der Waals surface area (Å²) in [6.45, 7) is -0.0152. The molecular formula is C6H8N4O3S. The molecule has 0 aliphatic carbocycles. The molecule has 0 atom stereocenters. The molecule has 7 nitrogen and oxygen atoms in total. The third-order valence-electron chi connectivity index (χ3n) is 1.25. The number of thiazole rings is 1. The Labute approximate surface area is 83.0 Å². The summed E-state index contributed by atoms with van der Waals surface area (Å²) in [5.74, 6) is -0.0344. The summed E-state index contributed by atoms with van der Waals surface area (Å²) >= 11 is 1.15. The highest BCUT2D eigenvalue weighted by Gasteiger charge is 2.06. The molecule has 0 unspecified atom stereocenters. The molecule has 8 heteroatoms. The van der Waals surface area contributed by atoms with Gasteiger partial charge >= 0.3 is 6.09 Å². The van der Waals surface area contributed by atoms with Gasteiger partial charge in [-0.15, -0.1) is 11.3 Å². The Kier molecular flexibility index (Phi) is 3.24. The van der Waals surface area contributed by atoms with Crippen molar-refractivity contribution in [3.05, 3.63) is 16.1 Å². The lowest BCUT2D eigenvalue weighted by Gasteiger charge is -1.95. The summed E-state index contributed by atoms with van der Waals surface area (Å²) in [5.41, 5.74) is 10.1. The minimum atomic E-state index is -0.870. The lowest BCUT2D eigenvalue weighted by molar-refractivity contribution is 0.150. The molecule has 0 saturated heterocycles. The van der Waals surface area contributed by atoms with Crippen molar-refractivity contribution in [2.45, 2.75) is 6.61 Å². The average Bonchev–Trinajstić information content (AvgIpc) is 2.62. The molecule has 1 rings (SSSR count). The van der Waals surface area contributed by atoms with E-state index < -0.39 is 6.09 Å². The minimum absolute atomic E-state index is 0.0152. The van der Waals surface area contributed by atoms with Crippen LogP contribution in [0, 0.1) is 0 Å². The number of oxime groups is 1. The Bertz CT molecular complexity index is 362. The molecule has 14 heavy (non-hydrogen) atoms. The largest absolute Gasteiger partial charge is 0.442 e. The summed E-state index contributed by atoms with van der Waals surface area (Å²) in [4.78, 5) is 14.6. The van der Waals surface area contributed by atoms with Gasteiger partial charge in [0.15, 0.2) is 5.84 Å². The van der Waals surface area contributed by atoms with E-state index in [-0.39, 0.29) is 12.4 Å². The maximum atomic E-state index is 10.3. The van der Waals surface area contributed by atoms with E-state index in [2.05, 4.69) is 14.9 Å². The number of aromatic nitrogens is 1. The van der Waals surface area contributed by atoms with E-state index in [1.807, 2.05) is 0 Å². The molecule has 1 aromatic heterocycles. The fourth-order valence-electron chi connectivity index (χ4n) is 0.678. The van der Waals surface area contributed by atoms with Crippen molar-refractivity contribution < 1.29 is 14.7 Å². The van der Waals surface area contributed by atoms with Crippen molar-refractivity contribution in [2.75, 3.05) is 0 Å². The van der Waals surface area contributed by atoms with Gasteiger partial charge in [-0.3, -0.25) is 0 Å². The zero-order valence-corrected chi connectivity index (χ0v) is 7.82. The predicted molar refractivity (Wildman–Crippen MR) is 49.0 cm³/mol. The summed E-state index contributed by atoms with van der Waals surface area (Å²) in [5, 5.41) is 11.7. The highest BCUT2D eigenvalue weighted by molar-refractivity contribution is 7.13. The van der Waals surface area contributed by atoms with E-state index in [4.69, 9.17) is 16.7 Å². The number of rotatable bonds is 3.